The van der Waals surface area contributed by atoms with Gasteiger partial charge in [0.25, 0.3) is 0 Å². The first-order valence-corrected chi connectivity index (χ1v) is 7.80. The van der Waals surface area contributed by atoms with E-state index in [4.69, 9.17) is 0 Å². The Morgan fingerprint density at radius 1 is 1.05 bits per heavy atom. The molecule has 0 spiro atoms. The van der Waals surface area contributed by atoms with Gasteiger partial charge in [0.05, 0.1) is 11.5 Å². The van der Waals surface area contributed by atoms with E-state index in [1.54, 1.807) is 0 Å². The molecule has 3 rings (SSSR count). The number of hydrogen-bond acceptors (Lipinski definition) is 2. The highest BCUT2D eigenvalue weighted by Gasteiger charge is 2.45. The Labute approximate surface area is 131 Å². The molecule has 0 bridgehead atoms. The van der Waals surface area contributed by atoms with Gasteiger partial charge in [0.2, 0.25) is 0 Å². The molecule has 0 aliphatic heterocycles. The minimum absolute atomic E-state index is 0.0938. The van der Waals surface area contributed by atoms with E-state index in [1.165, 1.54) is 0 Å². The second-order valence-electron chi connectivity index (χ2n) is 6.05. The first-order valence-electron chi connectivity index (χ1n) is 7.80. The molecule has 2 heteroatoms. The Kier molecular flexibility index (Phi) is 4.06. The largest absolute Gasteiger partial charge is 0.297 e. The molecule has 0 amide bonds. The van der Waals surface area contributed by atoms with Crippen LogP contribution in [0.15, 0.2) is 60.7 Å². The van der Waals surface area contributed by atoms with E-state index < -0.39 is 11.3 Å². The molecule has 2 atom stereocenters. The number of carbonyl (C=O) groups is 1. The summed E-state index contributed by atoms with van der Waals surface area (Å²) >= 11 is 0. The molecule has 0 heterocycles. The number of nitrogens with zero attached hydrogens (tertiary/aromatic N) is 1. The van der Waals surface area contributed by atoms with Gasteiger partial charge in [-0.25, -0.2) is 0 Å². The Bertz CT molecular complexity index is 687. The van der Waals surface area contributed by atoms with E-state index >= 15 is 0 Å². The molecule has 2 aromatic carbocycles. The number of rotatable bonds is 3. The van der Waals surface area contributed by atoms with Crippen molar-refractivity contribution in [3.8, 4) is 6.07 Å². The maximum Gasteiger partial charge on any atom is 0.160 e. The molecule has 110 valence electrons. The van der Waals surface area contributed by atoms with Gasteiger partial charge in [-0.15, -0.1) is 0 Å². The molecule has 1 aliphatic rings. The molecule has 0 N–H and O–H groups in total. The first-order chi connectivity index (χ1) is 10.8. The zero-order chi connectivity index (χ0) is 15.4. The third-order valence-electron chi connectivity index (χ3n) is 4.72. The molecule has 0 saturated heterocycles. The van der Waals surface area contributed by atoms with Gasteiger partial charge in [0.15, 0.2) is 5.78 Å². The lowest BCUT2D eigenvalue weighted by molar-refractivity contribution is -0.129. The minimum Gasteiger partial charge on any atom is -0.297 e. The van der Waals surface area contributed by atoms with Crippen LogP contribution in [0.3, 0.4) is 0 Å². The molecule has 0 unspecified atom stereocenters. The summed E-state index contributed by atoms with van der Waals surface area (Å²) < 4.78 is 0. The molecule has 1 aliphatic carbocycles. The van der Waals surface area contributed by atoms with Gasteiger partial charge in [-0.1, -0.05) is 67.1 Å². The molecule has 2 aromatic rings. The molecule has 0 aromatic heterocycles. The van der Waals surface area contributed by atoms with Crippen LogP contribution < -0.4 is 0 Å². The van der Waals surface area contributed by atoms with Crippen LogP contribution >= 0.6 is 0 Å². The predicted molar refractivity (Wildman–Crippen MR) is 86.2 cm³/mol. The van der Waals surface area contributed by atoms with Crippen molar-refractivity contribution in [2.45, 2.75) is 31.1 Å². The summed E-state index contributed by atoms with van der Waals surface area (Å²) in [6.45, 7) is 0. The van der Waals surface area contributed by atoms with Gasteiger partial charge in [0.1, 0.15) is 5.92 Å². The van der Waals surface area contributed by atoms with Crippen molar-refractivity contribution in [2.75, 3.05) is 0 Å². The Balaban J connectivity index is 2.06. The highest BCUT2D eigenvalue weighted by Crippen LogP contribution is 2.41. The van der Waals surface area contributed by atoms with Crippen molar-refractivity contribution in [2.24, 2.45) is 5.92 Å². The fraction of sp³-hybridized carbons (Fsp3) is 0.300. The van der Waals surface area contributed by atoms with Crippen LogP contribution in [0, 0.1) is 17.2 Å². The summed E-state index contributed by atoms with van der Waals surface area (Å²) in [6.07, 6.45) is 3.11. The average molecular weight is 289 g/mol. The molecule has 1 saturated carbocycles. The van der Waals surface area contributed by atoms with Gasteiger partial charge in [-0.05, 0) is 30.4 Å². The number of hydrogen-bond donors (Lipinski definition) is 0. The minimum atomic E-state index is -0.554. The zero-order valence-corrected chi connectivity index (χ0v) is 12.5. The maximum atomic E-state index is 13.1. The van der Waals surface area contributed by atoms with Crippen LogP contribution in [0.4, 0.5) is 0 Å². The van der Waals surface area contributed by atoms with E-state index in [-0.39, 0.29) is 5.78 Å². The number of ketones is 1. The van der Waals surface area contributed by atoms with Gasteiger partial charge in [-0.3, -0.25) is 4.79 Å². The first kappa shape index (κ1) is 14.5. The van der Waals surface area contributed by atoms with Crippen LogP contribution in [-0.4, -0.2) is 5.78 Å². The van der Waals surface area contributed by atoms with Crippen LogP contribution in [-0.2, 0) is 16.6 Å². The lowest BCUT2D eigenvalue weighted by atomic mass is 9.62. The molecule has 0 radical (unpaired) electrons. The second kappa shape index (κ2) is 6.15. The fourth-order valence-corrected chi connectivity index (χ4v) is 3.58. The summed E-state index contributed by atoms with van der Waals surface area (Å²) in [7, 11) is 0. The number of Topliss-reactive ketones (excluding diaryl/α,β-unsaturated/α-hetero) is 1. The van der Waals surface area contributed by atoms with E-state index in [0.29, 0.717) is 12.8 Å². The Hall–Kier alpha value is -2.40. The Morgan fingerprint density at radius 2 is 1.68 bits per heavy atom. The topological polar surface area (TPSA) is 40.9 Å². The van der Waals surface area contributed by atoms with Gasteiger partial charge < -0.3 is 0 Å². The number of carbonyl (C=O) groups excluding carboxylic acids is 1. The van der Waals surface area contributed by atoms with Gasteiger partial charge >= 0.3 is 0 Å². The van der Waals surface area contributed by atoms with Gasteiger partial charge in [0, 0.05) is 0 Å². The normalized spacial score (nSPS) is 24.7. The zero-order valence-electron chi connectivity index (χ0n) is 12.5. The van der Waals surface area contributed by atoms with E-state index in [2.05, 4.69) is 18.2 Å². The summed E-state index contributed by atoms with van der Waals surface area (Å²) in [4.78, 5) is 13.1. The third kappa shape index (κ3) is 2.55. The quantitative estimate of drug-likeness (QED) is 0.855. The standard InChI is InChI=1S/C20H19NO/c21-15-17-10-7-13-20(19(17)22,18-11-5-2-6-12-18)14-16-8-3-1-4-9-16/h1-6,8-9,11-12,17H,7,10,13-14H2/t17-,20+/m1/s1. The maximum absolute atomic E-state index is 13.1. The van der Waals surface area contributed by atoms with E-state index in [9.17, 15) is 10.1 Å². The molecular weight excluding hydrogens is 270 g/mol. The van der Waals surface area contributed by atoms with Crippen molar-refractivity contribution < 1.29 is 4.79 Å². The van der Waals surface area contributed by atoms with Crippen molar-refractivity contribution in [3.05, 3.63) is 71.8 Å². The predicted octanol–water partition coefficient (Wildman–Crippen LogP) is 4.06. The highest BCUT2D eigenvalue weighted by molar-refractivity contribution is 5.94. The summed E-state index contributed by atoms with van der Waals surface area (Å²) in [5, 5.41) is 9.34. The molecular formula is C20H19NO. The van der Waals surface area contributed by atoms with Crippen molar-refractivity contribution in [3.63, 3.8) is 0 Å². The van der Waals surface area contributed by atoms with E-state index in [1.807, 2.05) is 48.5 Å². The van der Waals surface area contributed by atoms with E-state index in [0.717, 1.165) is 24.0 Å². The molecule has 22 heavy (non-hydrogen) atoms. The lowest BCUT2D eigenvalue weighted by Crippen LogP contribution is -2.45. The highest BCUT2D eigenvalue weighted by atomic mass is 16.1. The van der Waals surface area contributed by atoms with Crippen molar-refractivity contribution in [1.82, 2.24) is 0 Å². The van der Waals surface area contributed by atoms with Crippen LogP contribution in [0.5, 0.6) is 0 Å². The monoisotopic (exact) mass is 289 g/mol. The Morgan fingerprint density at radius 3 is 2.32 bits per heavy atom. The smallest absolute Gasteiger partial charge is 0.160 e. The average Bonchev–Trinajstić information content (AvgIpc) is 2.58. The van der Waals surface area contributed by atoms with Crippen molar-refractivity contribution >= 4 is 5.78 Å². The van der Waals surface area contributed by atoms with Crippen LogP contribution in [0.25, 0.3) is 0 Å². The summed E-state index contributed by atoms with van der Waals surface area (Å²) in [6, 6.07) is 22.3. The van der Waals surface area contributed by atoms with Crippen LogP contribution in [0.2, 0.25) is 0 Å². The summed E-state index contributed by atoms with van der Waals surface area (Å²) in [5.41, 5.74) is 1.64. The molecule has 1 fully saturated rings. The number of benzene rings is 2. The third-order valence-corrected chi connectivity index (χ3v) is 4.72. The summed E-state index contributed by atoms with van der Waals surface area (Å²) in [5.74, 6) is -0.381. The van der Waals surface area contributed by atoms with Crippen LogP contribution in [0.1, 0.15) is 30.4 Å². The van der Waals surface area contributed by atoms with Gasteiger partial charge in [-0.2, -0.15) is 5.26 Å². The lowest BCUT2D eigenvalue weighted by Gasteiger charge is -2.38. The number of nitriles is 1. The SMILES string of the molecule is N#C[C@H]1CCC[C@](Cc2ccccc2)(c2ccccc2)C1=O. The molecule has 2 nitrogen and oxygen atoms in total. The second-order valence-corrected chi connectivity index (χ2v) is 6.05. The van der Waals surface area contributed by atoms with Crippen molar-refractivity contribution in [1.29, 1.82) is 5.26 Å². The fourth-order valence-electron chi connectivity index (χ4n) is 3.58.